The number of nitrogens with zero attached hydrogens (tertiary/aromatic N) is 2. The van der Waals surface area contributed by atoms with Gasteiger partial charge in [-0.25, -0.2) is 4.79 Å². The van der Waals surface area contributed by atoms with Gasteiger partial charge in [-0.1, -0.05) is 30.3 Å². The number of imide groups is 1. The Bertz CT molecular complexity index is 482. The average molecular weight is 245 g/mol. The van der Waals surface area contributed by atoms with Crippen molar-refractivity contribution in [1.29, 1.82) is 0 Å². The number of benzene rings is 1. The number of carbonyl (C=O) groups is 2. The number of hydrogen-bond donors (Lipinski definition) is 0. The van der Waals surface area contributed by atoms with Gasteiger partial charge >= 0.3 is 6.03 Å². The molecule has 0 bridgehead atoms. The lowest BCUT2D eigenvalue weighted by Crippen LogP contribution is -2.41. The summed E-state index contributed by atoms with van der Waals surface area (Å²) >= 11 is 0. The molecule has 5 nitrogen and oxygen atoms in total. The second-order valence-corrected chi connectivity index (χ2v) is 3.94. The van der Waals surface area contributed by atoms with Crippen molar-refractivity contribution in [3.8, 4) is 0 Å². The first-order chi connectivity index (χ1) is 8.66. The predicted molar refractivity (Wildman–Crippen MR) is 64.2 cm³/mol. The summed E-state index contributed by atoms with van der Waals surface area (Å²) in [6.45, 7) is 2.11. The molecule has 1 radical (unpaired) electrons. The Morgan fingerprint density at radius 2 is 1.94 bits per heavy atom. The summed E-state index contributed by atoms with van der Waals surface area (Å²) in [7, 11) is 0. The van der Waals surface area contributed by atoms with Crippen LogP contribution in [0.25, 0.3) is 0 Å². The third-order valence-corrected chi connectivity index (χ3v) is 2.47. The number of rotatable bonds is 4. The highest BCUT2D eigenvalue weighted by molar-refractivity contribution is 6.05. The van der Waals surface area contributed by atoms with E-state index in [-0.39, 0.29) is 6.73 Å². The van der Waals surface area contributed by atoms with Crippen LogP contribution in [0.2, 0.25) is 0 Å². The Labute approximate surface area is 105 Å². The second-order valence-electron chi connectivity index (χ2n) is 3.94. The van der Waals surface area contributed by atoms with Crippen LogP contribution in [-0.2, 0) is 16.1 Å². The zero-order valence-electron chi connectivity index (χ0n) is 10.00. The molecule has 0 saturated heterocycles. The molecule has 0 spiro atoms. The Kier molecular flexibility index (Phi) is 3.74. The van der Waals surface area contributed by atoms with Crippen molar-refractivity contribution in [2.24, 2.45) is 0 Å². The van der Waals surface area contributed by atoms with E-state index in [1.165, 1.54) is 11.1 Å². The van der Waals surface area contributed by atoms with Crippen LogP contribution in [0.4, 0.5) is 4.79 Å². The van der Waals surface area contributed by atoms with Gasteiger partial charge in [0.2, 0.25) is 0 Å². The molecule has 1 heterocycles. The highest BCUT2D eigenvalue weighted by Gasteiger charge is 2.24. The van der Waals surface area contributed by atoms with Gasteiger partial charge in [-0.3, -0.25) is 9.69 Å². The lowest BCUT2D eigenvalue weighted by Gasteiger charge is -2.21. The van der Waals surface area contributed by atoms with E-state index in [0.29, 0.717) is 12.2 Å². The van der Waals surface area contributed by atoms with Crippen LogP contribution in [0.1, 0.15) is 12.5 Å². The first-order valence-electron chi connectivity index (χ1n) is 5.53. The molecular formula is C13H13N2O3. The van der Waals surface area contributed by atoms with E-state index in [4.69, 9.17) is 4.74 Å². The molecule has 0 aromatic heterocycles. The molecule has 1 aliphatic rings. The maximum atomic E-state index is 11.4. The number of amides is 3. The molecule has 0 atom stereocenters. The Hall–Kier alpha value is -2.14. The molecule has 5 heteroatoms. The van der Waals surface area contributed by atoms with E-state index in [1.807, 2.05) is 30.3 Å². The van der Waals surface area contributed by atoms with E-state index in [1.54, 1.807) is 6.92 Å². The summed E-state index contributed by atoms with van der Waals surface area (Å²) in [5.74, 6) is -0.487. The summed E-state index contributed by atoms with van der Waals surface area (Å²) in [6, 6.07) is 9.05. The molecule has 0 N–H and O–H groups in total. The molecule has 1 aromatic rings. The van der Waals surface area contributed by atoms with Gasteiger partial charge in [-0.05, 0) is 12.5 Å². The van der Waals surface area contributed by atoms with Crippen LogP contribution in [-0.4, -0.2) is 23.6 Å². The minimum Gasteiger partial charge on any atom is -0.356 e. The highest BCUT2D eigenvalue weighted by Crippen LogP contribution is 2.08. The van der Waals surface area contributed by atoms with Gasteiger partial charge in [-0.15, -0.1) is 0 Å². The van der Waals surface area contributed by atoms with Crippen molar-refractivity contribution in [3.63, 3.8) is 0 Å². The van der Waals surface area contributed by atoms with Crippen molar-refractivity contribution < 1.29 is 14.3 Å². The van der Waals surface area contributed by atoms with Crippen molar-refractivity contribution in [2.45, 2.75) is 13.5 Å². The van der Waals surface area contributed by atoms with Gasteiger partial charge in [0.15, 0.2) is 0 Å². The predicted octanol–water partition coefficient (Wildman–Crippen LogP) is 1.63. The third-order valence-electron chi connectivity index (χ3n) is 2.47. The van der Waals surface area contributed by atoms with Crippen LogP contribution in [0.5, 0.6) is 0 Å². The van der Waals surface area contributed by atoms with Crippen LogP contribution >= 0.6 is 0 Å². The summed E-state index contributed by atoms with van der Waals surface area (Å²) in [5.41, 5.74) is 1.45. The number of ether oxygens (including phenoxy) is 1. The molecule has 1 aromatic carbocycles. The monoisotopic (exact) mass is 245 g/mol. The second kappa shape index (κ2) is 5.46. The fourth-order valence-corrected chi connectivity index (χ4v) is 1.51. The zero-order valence-corrected chi connectivity index (χ0v) is 10.00. The lowest BCUT2D eigenvalue weighted by atomic mass is 10.2. The Morgan fingerprint density at radius 3 is 2.67 bits per heavy atom. The maximum absolute atomic E-state index is 11.4. The number of urea groups is 1. The fraction of sp³-hybridized carbons (Fsp3) is 0.231. The molecule has 0 aliphatic carbocycles. The minimum absolute atomic E-state index is 0.0852. The summed E-state index contributed by atoms with van der Waals surface area (Å²) in [4.78, 5) is 23.8. The van der Waals surface area contributed by atoms with E-state index in [0.717, 1.165) is 5.56 Å². The van der Waals surface area contributed by atoms with Crippen molar-refractivity contribution in [2.75, 3.05) is 6.73 Å². The molecule has 93 valence electrons. The topological polar surface area (TPSA) is 60.7 Å². The molecule has 2 rings (SSSR count). The largest absolute Gasteiger partial charge is 0.356 e. The van der Waals surface area contributed by atoms with Gasteiger partial charge < -0.3 is 4.74 Å². The average Bonchev–Trinajstić information content (AvgIpc) is 2.37. The van der Waals surface area contributed by atoms with Gasteiger partial charge in [0.05, 0.1) is 6.61 Å². The molecule has 0 saturated carbocycles. The van der Waals surface area contributed by atoms with Crippen LogP contribution in [0.15, 0.2) is 42.1 Å². The fourth-order valence-electron chi connectivity index (χ4n) is 1.51. The smallest absolute Gasteiger partial charge is 0.352 e. The van der Waals surface area contributed by atoms with Crippen molar-refractivity contribution >= 4 is 11.9 Å². The zero-order chi connectivity index (χ0) is 13.0. The number of hydrogen-bond acceptors (Lipinski definition) is 3. The summed E-state index contributed by atoms with van der Waals surface area (Å²) in [5, 5.41) is 3.37. The number of carbonyl (C=O) groups excluding carboxylic acids is 2. The van der Waals surface area contributed by atoms with E-state index in [2.05, 4.69) is 5.32 Å². The molecule has 18 heavy (non-hydrogen) atoms. The first kappa shape index (κ1) is 12.3. The van der Waals surface area contributed by atoms with Gasteiger partial charge in [0.1, 0.15) is 6.73 Å². The van der Waals surface area contributed by atoms with E-state index < -0.39 is 11.9 Å². The van der Waals surface area contributed by atoms with Crippen LogP contribution < -0.4 is 5.32 Å². The van der Waals surface area contributed by atoms with Gasteiger partial charge in [-0.2, -0.15) is 5.32 Å². The van der Waals surface area contributed by atoms with E-state index in [9.17, 15) is 9.59 Å². The standard InChI is InChI=1S/C13H13N2O3/c1-10-7-15(13(17)14-12(10)16)9-18-8-11-5-3-2-4-6-11/h2-7H,8-9H2,1H3. The van der Waals surface area contributed by atoms with Gasteiger partial charge in [0.25, 0.3) is 5.91 Å². The van der Waals surface area contributed by atoms with Crippen LogP contribution in [0.3, 0.4) is 0 Å². The van der Waals surface area contributed by atoms with Crippen molar-refractivity contribution in [3.05, 3.63) is 47.7 Å². The molecular weight excluding hydrogens is 232 g/mol. The lowest BCUT2D eigenvalue weighted by molar-refractivity contribution is -0.117. The first-order valence-corrected chi connectivity index (χ1v) is 5.53. The quantitative estimate of drug-likeness (QED) is 0.810. The van der Waals surface area contributed by atoms with Gasteiger partial charge in [0, 0.05) is 11.8 Å². The molecule has 0 fully saturated rings. The van der Waals surface area contributed by atoms with E-state index >= 15 is 0 Å². The van der Waals surface area contributed by atoms with Crippen molar-refractivity contribution in [1.82, 2.24) is 10.2 Å². The normalized spacial score (nSPS) is 15.4. The SMILES string of the molecule is CC1=CN(COCc2ccccc2)C(=O)[N]C1=O. The Morgan fingerprint density at radius 1 is 1.22 bits per heavy atom. The molecule has 0 unspecified atom stereocenters. The summed E-state index contributed by atoms with van der Waals surface area (Å²) < 4.78 is 5.40. The molecule has 3 amide bonds. The molecule has 1 aliphatic heterocycles. The summed E-state index contributed by atoms with van der Waals surface area (Å²) in [6.07, 6.45) is 1.46. The minimum atomic E-state index is -0.585. The third kappa shape index (κ3) is 2.95. The highest BCUT2D eigenvalue weighted by atomic mass is 16.5. The van der Waals surface area contributed by atoms with Crippen LogP contribution in [0, 0.1) is 0 Å². The maximum Gasteiger partial charge on any atom is 0.352 e. The Balaban J connectivity index is 1.87.